The molecule has 40 heavy (non-hydrogen) atoms. The maximum Gasteiger partial charge on any atom is 0.356 e. The molecule has 1 aliphatic carbocycles. The first-order valence-corrected chi connectivity index (χ1v) is 13.6. The summed E-state index contributed by atoms with van der Waals surface area (Å²) in [6.07, 6.45) is 5.38. The Balaban J connectivity index is 1.46. The smallest absolute Gasteiger partial charge is 0.356 e. The van der Waals surface area contributed by atoms with E-state index in [9.17, 15) is 29.4 Å². The molecule has 1 amide bonds. The van der Waals surface area contributed by atoms with Crippen LogP contribution in [0.4, 0.5) is 0 Å². The van der Waals surface area contributed by atoms with Crippen LogP contribution in [0.2, 0.25) is 0 Å². The van der Waals surface area contributed by atoms with Crippen LogP contribution in [0.3, 0.4) is 0 Å². The lowest BCUT2D eigenvalue weighted by molar-refractivity contribution is -0.176. The van der Waals surface area contributed by atoms with Crippen LogP contribution in [-0.4, -0.2) is 45.5 Å². The summed E-state index contributed by atoms with van der Waals surface area (Å²) < 4.78 is 11.2. The molecule has 1 saturated carbocycles. The summed E-state index contributed by atoms with van der Waals surface area (Å²) in [7, 11) is 0. The van der Waals surface area contributed by atoms with Crippen LogP contribution < -0.4 is 10.1 Å². The number of allylic oxidation sites excluding steroid dienone is 4. The maximum absolute atomic E-state index is 13.2. The van der Waals surface area contributed by atoms with Gasteiger partial charge in [0.25, 0.3) is 5.91 Å². The number of amides is 1. The summed E-state index contributed by atoms with van der Waals surface area (Å²) in [5.41, 5.74) is -2.14. The monoisotopic (exact) mass is 551 g/mol. The van der Waals surface area contributed by atoms with Crippen LogP contribution in [0.25, 0.3) is 0 Å². The Morgan fingerprint density at radius 3 is 2.35 bits per heavy atom. The highest BCUT2D eigenvalue weighted by Gasteiger charge is 2.76. The number of carbonyl (C=O) groups excluding carboxylic acids is 4. The molecule has 3 N–H and O–H groups in total. The van der Waals surface area contributed by atoms with Gasteiger partial charge in [-0.25, -0.2) is 4.79 Å². The van der Waals surface area contributed by atoms with E-state index < -0.39 is 63.5 Å². The molecule has 2 heterocycles. The molecule has 9 heteroatoms. The van der Waals surface area contributed by atoms with Gasteiger partial charge in [0.2, 0.25) is 5.60 Å². The van der Waals surface area contributed by atoms with Crippen molar-refractivity contribution >= 4 is 23.6 Å². The third-order valence-electron chi connectivity index (χ3n) is 9.16. The number of rotatable bonds is 8. The molecule has 1 aromatic carbocycles. The van der Waals surface area contributed by atoms with Crippen molar-refractivity contribution < 1.29 is 38.9 Å². The number of Topliss-reactive ketones (excluding diaryl/α,β-unsaturated/α-hetero) is 1. The minimum Gasteiger partial charge on any atom is -0.507 e. The van der Waals surface area contributed by atoms with Gasteiger partial charge in [-0.1, -0.05) is 64.0 Å². The molecular weight excluding hydrogens is 514 g/mol. The number of nitrogens with one attached hydrogen (secondary N) is 1. The van der Waals surface area contributed by atoms with E-state index >= 15 is 0 Å². The highest BCUT2D eigenvalue weighted by atomic mass is 16.6. The third-order valence-corrected chi connectivity index (χ3v) is 9.16. The second kappa shape index (κ2) is 10.4. The lowest BCUT2D eigenvalue weighted by Crippen LogP contribution is -2.50. The molecular formula is C31H37NO8. The molecule has 0 spiro atoms. The second-order valence-electron chi connectivity index (χ2n) is 11.8. The number of aliphatic hydroxyl groups excluding tert-OH is 2. The number of hydrogen-bond acceptors (Lipinski definition) is 8. The van der Waals surface area contributed by atoms with E-state index in [0.29, 0.717) is 24.3 Å². The van der Waals surface area contributed by atoms with Crippen molar-refractivity contribution in [3.05, 3.63) is 65.0 Å². The molecule has 9 nitrogen and oxygen atoms in total. The normalized spacial score (nSPS) is 30.3. The van der Waals surface area contributed by atoms with Crippen LogP contribution in [0.5, 0.6) is 5.75 Å². The lowest BCUT2D eigenvalue weighted by atomic mass is 9.66. The van der Waals surface area contributed by atoms with Gasteiger partial charge in [0, 0.05) is 5.41 Å². The quantitative estimate of drug-likeness (QED) is 0.109. The number of aliphatic hydroxyl groups is 2. The van der Waals surface area contributed by atoms with Crippen LogP contribution in [0, 0.1) is 16.7 Å². The highest BCUT2D eigenvalue weighted by Crippen LogP contribution is 2.65. The van der Waals surface area contributed by atoms with E-state index in [2.05, 4.69) is 19.2 Å². The number of carbonyl (C=O) groups is 4. The van der Waals surface area contributed by atoms with E-state index in [-0.39, 0.29) is 5.75 Å². The number of ketones is 1. The molecule has 3 fully saturated rings. The number of ether oxygens (including phenoxy) is 2. The molecule has 2 saturated heterocycles. The SMILES string of the molecule is CC[C@@H](C)/C=C(C)/C=C/C(O)=C1\C(=O)N[C@@H]([C@H](O)c2ccc(OC(=O)[C@@]34CC[C@@](C)(C(=O)O3)C4(C)C)cc2)C1=O. The van der Waals surface area contributed by atoms with Crippen molar-refractivity contribution in [2.45, 2.75) is 78.6 Å². The molecule has 3 aliphatic rings. The average molecular weight is 552 g/mol. The van der Waals surface area contributed by atoms with Gasteiger partial charge in [0.05, 0.1) is 5.41 Å². The molecule has 214 valence electrons. The number of benzene rings is 1. The fourth-order valence-electron chi connectivity index (χ4n) is 5.74. The number of hydrogen-bond donors (Lipinski definition) is 3. The zero-order valence-electron chi connectivity index (χ0n) is 23.7. The van der Waals surface area contributed by atoms with Crippen molar-refractivity contribution in [1.82, 2.24) is 5.32 Å². The maximum atomic E-state index is 13.2. The van der Waals surface area contributed by atoms with Gasteiger partial charge < -0.3 is 25.0 Å². The minimum atomic E-state index is -1.41. The van der Waals surface area contributed by atoms with Crippen molar-refractivity contribution in [2.24, 2.45) is 16.7 Å². The summed E-state index contributed by atoms with van der Waals surface area (Å²) in [5.74, 6) is -2.53. The van der Waals surface area contributed by atoms with E-state index in [1.165, 1.54) is 30.3 Å². The van der Waals surface area contributed by atoms with E-state index in [0.717, 1.165) is 12.0 Å². The van der Waals surface area contributed by atoms with Gasteiger partial charge >= 0.3 is 11.9 Å². The van der Waals surface area contributed by atoms with E-state index in [4.69, 9.17) is 9.47 Å². The van der Waals surface area contributed by atoms with Gasteiger partial charge in [0.15, 0.2) is 5.78 Å². The summed E-state index contributed by atoms with van der Waals surface area (Å²) >= 11 is 0. The van der Waals surface area contributed by atoms with Gasteiger partial charge in [-0.05, 0) is 56.4 Å². The molecule has 0 aromatic heterocycles. The fraction of sp³-hybridized carbons (Fsp3) is 0.484. The molecule has 1 aromatic rings. The Morgan fingerprint density at radius 1 is 1.15 bits per heavy atom. The molecule has 4 rings (SSSR count). The predicted octanol–water partition coefficient (Wildman–Crippen LogP) is 4.18. The molecule has 0 radical (unpaired) electrons. The van der Waals surface area contributed by atoms with Crippen LogP contribution in [-0.2, 0) is 23.9 Å². The minimum absolute atomic E-state index is 0.175. The topological polar surface area (TPSA) is 139 Å². The Labute approximate surface area is 233 Å². The number of fused-ring (bicyclic) bond motifs is 2. The first-order valence-electron chi connectivity index (χ1n) is 13.6. The van der Waals surface area contributed by atoms with Crippen LogP contribution >= 0.6 is 0 Å². The zero-order chi connectivity index (χ0) is 29.6. The number of esters is 2. The Kier molecular flexibility index (Phi) is 7.58. The Hall–Kier alpha value is -3.72. The average Bonchev–Trinajstić information content (AvgIpc) is 3.38. The first-order chi connectivity index (χ1) is 18.7. The molecule has 2 aliphatic heterocycles. The van der Waals surface area contributed by atoms with Gasteiger partial charge in [-0.15, -0.1) is 0 Å². The van der Waals surface area contributed by atoms with Gasteiger partial charge in [-0.3, -0.25) is 14.4 Å². The van der Waals surface area contributed by atoms with Gasteiger partial charge in [-0.2, -0.15) is 0 Å². The van der Waals surface area contributed by atoms with Gasteiger partial charge in [0.1, 0.15) is 29.2 Å². The van der Waals surface area contributed by atoms with Crippen molar-refractivity contribution in [3.8, 4) is 5.75 Å². The Morgan fingerprint density at radius 2 is 1.80 bits per heavy atom. The lowest BCUT2D eigenvalue weighted by Gasteiger charge is -2.34. The first kappa shape index (κ1) is 29.3. The predicted molar refractivity (Wildman–Crippen MR) is 146 cm³/mol. The molecule has 5 atom stereocenters. The van der Waals surface area contributed by atoms with Crippen molar-refractivity contribution in [2.75, 3.05) is 0 Å². The third kappa shape index (κ3) is 4.56. The van der Waals surface area contributed by atoms with Crippen molar-refractivity contribution in [1.29, 1.82) is 0 Å². The second-order valence-corrected chi connectivity index (χ2v) is 11.8. The van der Waals surface area contributed by atoms with Crippen molar-refractivity contribution in [3.63, 3.8) is 0 Å². The van der Waals surface area contributed by atoms with Crippen LogP contribution in [0.15, 0.2) is 59.4 Å². The largest absolute Gasteiger partial charge is 0.507 e. The van der Waals surface area contributed by atoms with E-state index in [1.807, 2.05) is 26.8 Å². The standard InChI is InChI=1S/C31H37NO8/c1-7-17(2)16-18(3)8-13-21(33)22-25(35)23(32-26(22)36)24(34)19-9-11-20(12-10-19)39-28(38)31-15-14-30(6,27(37)40-31)29(31,4)5/h8-13,16-17,23-24,33-34H,7,14-15H2,1-6H3,(H,32,36)/b13-8+,18-16+,22-21+/t17-,23+,24-,30+,31-/m1/s1. The molecule has 2 bridgehead atoms. The summed E-state index contributed by atoms with van der Waals surface area (Å²) in [5, 5.41) is 23.8. The Bertz CT molecular complexity index is 1340. The summed E-state index contributed by atoms with van der Waals surface area (Å²) in [6.45, 7) is 11.4. The zero-order valence-corrected chi connectivity index (χ0v) is 23.7. The fourth-order valence-corrected chi connectivity index (χ4v) is 5.74. The van der Waals surface area contributed by atoms with E-state index in [1.54, 1.807) is 13.0 Å². The summed E-state index contributed by atoms with van der Waals surface area (Å²) in [4.78, 5) is 51.1. The molecule has 0 unspecified atom stereocenters. The highest BCUT2D eigenvalue weighted by molar-refractivity contribution is 6.27. The van der Waals surface area contributed by atoms with Crippen LogP contribution in [0.1, 0.15) is 72.5 Å². The summed E-state index contributed by atoms with van der Waals surface area (Å²) in [6, 6.07) is 4.56.